The molecule has 0 amide bonds. The smallest absolute Gasteiger partial charge is 0.130 e. The molecule has 0 aromatic heterocycles. The second kappa shape index (κ2) is 4.20. The number of hydrogen-bond acceptors (Lipinski definition) is 2. The maximum atomic E-state index is 10.6. The Labute approximate surface area is 62.1 Å². The number of carbonyl (C=O) groups is 1. The molecule has 1 atom stereocenters. The van der Waals surface area contributed by atoms with Crippen LogP contribution in [0.2, 0.25) is 0 Å². The first-order valence-corrected chi connectivity index (χ1v) is 3.62. The summed E-state index contributed by atoms with van der Waals surface area (Å²) in [4.78, 5) is 10.6. The number of ketones is 1. The van der Waals surface area contributed by atoms with Crippen LogP contribution in [-0.4, -0.2) is 11.5 Å². The normalized spacial score (nSPS) is 12.7. The van der Waals surface area contributed by atoms with Gasteiger partial charge in [0.1, 0.15) is 5.78 Å². The van der Waals surface area contributed by atoms with Crippen LogP contribution >= 0.6 is 0 Å². The predicted molar refractivity (Wildman–Crippen MR) is 42.5 cm³/mol. The molecule has 0 spiro atoms. The van der Waals surface area contributed by atoms with Crippen molar-refractivity contribution in [3.05, 3.63) is 0 Å². The minimum atomic E-state index is 0.178. The molecular formula is C8H15NO. The Bertz CT molecular complexity index is 140. The van der Waals surface area contributed by atoms with Crippen molar-refractivity contribution in [2.24, 2.45) is 5.92 Å². The Hall–Kier alpha value is -0.660. The maximum absolute atomic E-state index is 10.6. The summed E-state index contributed by atoms with van der Waals surface area (Å²) in [6, 6.07) is 0. The van der Waals surface area contributed by atoms with Crippen molar-refractivity contribution in [1.29, 1.82) is 5.41 Å². The van der Waals surface area contributed by atoms with Crippen LogP contribution in [-0.2, 0) is 4.79 Å². The van der Waals surface area contributed by atoms with Crippen LogP contribution < -0.4 is 0 Å². The van der Waals surface area contributed by atoms with Gasteiger partial charge in [-0.15, -0.1) is 0 Å². The lowest BCUT2D eigenvalue weighted by atomic mass is 9.96. The van der Waals surface area contributed by atoms with E-state index in [2.05, 4.69) is 0 Å². The molecule has 0 aliphatic heterocycles. The van der Waals surface area contributed by atoms with E-state index in [1.807, 2.05) is 6.92 Å². The van der Waals surface area contributed by atoms with Crippen molar-refractivity contribution in [3.8, 4) is 0 Å². The Morgan fingerprint density at radius 3 is 2.10 bits per heavy atom. The van der Waals surface area contributed by atoms with E-state index in [1.54, 1.807) is 13.8 Å². The zero-order chi connectivity index (χ0) is 8.15. The summed E-state index contributed by atoms with van der Waals surface area (Å²) in [7, 11) is 0. The van der Waals surface area contributed by atoms with Crippen molar-refractivity contribution >= 4 is 11.5 Å². The topological polar surface area (TPSA) is 40.9 Å². The van der Waals surface area contributed by atoms with Gasteiger partial charge in [-0.05, 0) is 20.3 Å². The molecule has 2 nitrogen and oxygen atoms in total. The number of nitrogens with one attached hydrogen (secondary N) is 1. The molecule has 2 heteroatoms. The summed E-state index contributed by atoms with van der Waals surface area (Å²) in [6.45, 7) is 5.34. The van der Waals surface area contributed by atoms with Gasteiger partial charge in [-0.1, -0.05) is 6.92 Å². The first kappa shape index (κ1) is 9.34. The zero-order valence-corrected chi connectivity index (χ0v) is 6.90. The van der Waals surface area contributed by atoms with Crippen LogP contribution in [0.15, 0.2) is 0 Å². The van der Waals surface area contributed by atoms with Crippen LogP contribution in [0.5, 0.6) is 0 Å². The SMILES string of the molecule is CCC(CC(C)=O)C(C)=N. The molecule has 0 rings (SSSR count). The van der Waals surface area contributed by atoms with Gasteiger partial charge >= 0.3 is 0 Å². The van der Waals surface area contributed by atoms with Gasteiger partial charge in [-0.3, -0.25) is 0 Å². The molecule has 0 radical (unpaired) electrons. The predicted octanol–water partition coefficient (Wildman–Crippen LogP) is 2.03. The average Bonchev–Trinajstić information content (AvgIpc) is 1.81. The third kappa shape index (κ3) is 3.38. The van der Waals surface area contributed by atoms with Crippen LogP contribution in [0.25, 0.3) is 0 Å². The molecule has 0 bridgehead atoms. The summed E-state index contributed by atoms with van der Waals surface area (Å²) in [5.74, 6) is 0.357. The molecule has 0 heterocycles. The van der Waals surface area contributed by atoms with E-state index in [0.29, 0.717) is 12.1 Å². The highest BCUT2D eigenvalue weighted by molar-refractivity contribution is 5.87. The van der Waals surface area contributed by atoms with Gasteiger partial charge in [-0.2, -0.15) is 0 Å². The summed E-state index contributed by atoms with van der Waals surface area (Å²) >= 11 is 0. The molecule has 0 saturated heterocycles. The summed E-state index contributed by atoms with van der Waals surface area (Å²) in [5.41, 5.74) is 0.623. The van der Waals surface area contributed by atoms with Gasteiger partial charge in [0, 0.05) is 18.1 Å². The first-order chi connectivity index (χ1) is 4.57. The molecule has 10 heavy (non-hydrogen) atoms. The molecule has 1 unspecified atom stereocenters. The fourth-order valence-electron chi connectivity index (χ4n) is 0.951. The summed E-state index contributed by atoms with van der Waals surface area (Å²) in [5, 5.41) is 7.29. The molecule has 1 N–H and O–H groups in total. The van der Waals surface area contributed by atoms with Crippen LogP contribution in [0.4, 0.5) is 0 Å². The molecule has 0 saturated carbocycles. The summed E-state index contributed by atoms with van der Waals surface area (Å²) < 4.78 is 0. The molecule has 0 aromatic rings. The van der Waals surface area contributed by atoms with Crippen molar-refractivity contribution in [3.63, 3.8) is 0 Å². The van der Waals surface area contributed by atoms with E-state index < -0.39 is 0 Å². The average molecular weight is 141 g/mol. The van der Waals surface area contributed by atoms with Crippen molar-refractivity contribution in [1.82, 2.24) is 0 Å². The Balaban J connectivity index is 3.83. The lowest BCUT2D eigenvalue weighted by Crippen LogP contribution is -2.12. The number of carbonyl (C=O) groups excluding carboxylic acids is 1. The zero-order valence-electron chi connectivity index (χ0n) is 6.90. The fourth-order valence-corrected chi connectivity index (χ4v) is 0.951. The van der Waals surface area contributed by atoms with Crippen LogP contribution in [0.3, 0.4) is 0 Å². The largest absolute Gasteiger partial charge is 0.310 e. The van der Waals surface area contributed by atoms with Crippen LogP contribution in [0.1, 0.15) is 33.6 Å². The molecule has 0 aliphatic rings. The molecule has 0 aliphatic carbocycles. The van der Waals surface area contributed by atoms with E-state index in [1.165, 1.54) is 0 Å². The van der Waals surface area contributed by atoms with Gasteiger partial charge in [0.2, 0.25) is 0 Å². The minimum Gasteiger partial charge on any atom is -0.310 e. The second-order valence-electron chi connectivity index (χ2n) is 2.69. The highest BCUT2D eigenvalue weighted by Gasteiger charge is 2.09. The minimum absolute atomic E-state index is 0.178. The Morgan fingerprint density at radius 1 is 1.50 bits per heavy atom. The lowest BCUT2D eigenvalue weighted by molar-refractivity contribution is -0.117. The van der Waals surface area contributed by atoms with Crippen LogP contribution in [0, 0.1) is 11.3 Å². The molecular weight excluding hydrogens is 126 g/mol. The highest BCUT2D eigenvalue weighted by Crippen LogP contribution is 2.09. The van der Waals surface area contributed by atoms with Crippen molar-refractivity contribution < 1.29 is 4.79 Å². The van der Waals surface area contributed by atoms with E-state index in [0.717, 1.165) is 6.42 Å². The molecule has 0 fully saturated rings. The summed E-state index contributed by atoms with van der Waals surface area (Å²) in [6.07, 6.45) is 1.43. The number of Topliss-reactive ketones (excluding diaryl/α,β-unsaturated/α-hetero) is 1. The van der Waals surface area contributed by atoms with Gasteiger partial charge in [0.25, 0.3) is 0 Å². The van der Waals surface area contributed by atoms with Gasteiger partial charge < -0.3 is 10.2 Å². The lowest BCUT2D eigenvalue weighted by Gasteiger charge is -2.09. The van der Waals surface area contributed by atoms with E-state index in [9.17, 15) is 4.79 Å². The first-order valence-electron chi connectivity index (χ1n) is 3.62. The van der Waals surface area contributed by atoms with Crippen molar-refractivity contribution in [2.45, 2.75) is 33.6 Å². The Morgan fingerprint density at radius 2 is 2.00 bits per heavy atom. The highest BCUT2D eigenvalue weighted by atomic mass is 16.1. The van der Waals surface area contributed by atoms with Gasteiger partial charge in [0.05, 0.1) is 0 Å². The second-order valence-corrected chi connectivity index (χ2v) is 2.69. The molecule has 0 aromatic carbocycles. The standard InChI is InChI=1S/C8H15NO/c1-4-8(7(3)9)5-6(2)10/h8-9H,4-5H2,1-3H3. The molecule has 58 valence electrons. The quantitative estimate of drug-likeness (QED) is 0.598. The van der Waals surface area contributed by atoms with E-state index in [4.69, 9.17) is 5.41 Å². The third-order valence-electron chi connectivity index (χ3n) is 1.64. The monoisotopic (exact) mass is 141 g/mol. The fraction of sp³-hybridized carbons (Fsp3) is 0.750. The third-order valence-corrected chi connectivity index (χ3v) is 1.64. The number of rotatable bonds is 4. The van der Waals surface area contributed by atoms with Crippen molar-refractivity contribution in [2.75, 3.05) is 0 Å². The Kier molecular flexibility index (Phi) is 3.93. The maximum Gasteiger partial charge on any atom is 0.130 e. The van der Waals surface area contributed by atoms with E-state index >= 15 is 0 Å². The van der Waals surface area contributed by atoms with Gasteiger partial charge in [-0.25, -0.2) is 0 Å². The number of hydrogen-bond donors (Lipinski definition) is 1. The van der Waals surface area contributed by atoms with Gasteiger partial charge in [0.15, 0.2) is 0 Å². The van der Waals surface area contributed by atoms with E-state index in [-0.39, 0.29) is 11.7 Å².